The molecule has 1 saturated carbocycles. The van der Waals surface area contributed by atoms with Gasteiger partial charge in [-0.05, 0) is 26.7 Å². The van der Waals surface area contributed by atoms with Gasteiger partial charge in [-0.3, -0.25) is 0 Å². The topological polar surface area (TPSA) is 32.3 Å². The molecular weight excluding hydrogens is 212 g/mol. The summed E-state index contributed by atoms with van der Waals surface area (Å²) in [6, 6.07) is 0.541. The Morgan fingerprint density at radius 3 is 2.20 bits per heavy atom. The van der Waals surface area contributed by atoms with Crippen LogP contribution in [0.3, 0.4) is 0 Å². The third-order valence-corrected chi connectivity index (χ3v) is 2.98. The minimum Gasteiger partial charge on any atom is -0.335 e. The molecule has 1 aliphatic carbocycles. The molecule has 0 radical (unpaired) electrons. The zero-order valence-electron chi connectivity index (χ0n) is 9.79. The smallest absolute Gasteiger partial charge is 0.317 e. The predicted molar refractivity (Wildman–Crippen MR) is 65.6 cm³/mol. The van der Waals surface area contributed by atoms with Gasteiger partial charge in [0.05, 0.1) is 0 Å². The molecule has 0 aromatic carbocycles. The molecule has 1 aliphatic rings. The monoisotopic (exact) mass is 234 g/mol. The van der Waals surface area contributed by atoms with E-state index in [4.69, 9.17) is 0 Å². The lowest BCUT2D eigenvalue weighted by Crippen LogP contribution is -2.45. The number of nitrogens with one attached hydrogen (secondary N) is 1. The van der Waals surface area contributed by atoms with Crippen LogP contribution in [-0.4, -0.2) is 30.1 Å². The molecule has 0 unspecified atom stereocenters. The van der Waals surface area contributed by atoms with E-state index < -0.39 is 0 Å². The van der Waals surface area contributed by atoms with E-state index in [9.17, 15) is 4.79 Å². The summed E-state index contributed by atoms with van der Waals surface area (Å²) in [6.45, 7) is 5.64. The van der Waals surface area contributed by atoms with Crippen molar-refractivity contribution in [2.24, 2.45) is 0 Å². The van der Waals surface area contributed by atoms with E-state index in [2.05, 4.69) is 5.32 Å². The van der Waals surface area contributed by atoms with Crippen molar-refractivity contribution in [3.05, 3.63) is 0 Å². The van der Waals surface area contributed by atoms with E-state index in [-0.39, 0.29) is 18.4 Å². The number of carbonyl (C=O) groups is 1. The summed E-state index contributed by atoms with van der Waals surface area (Å²) in [5, 5.41) is 3.11. The molecule has 1 fully saturated rings. The molecule has 0 aliphatic heterocycles. The second-order valence-corrected chi connectivity index (χ2v) is 3.96. The Balaban J connectivity index is 0.00000196. The standard InChI is InChI=1S/C11H22N2O.ClH/c1-3-13(4-2)11(14)12-10-8-6-5-7-9-10;/h10H,3-9H2,1-2H3,(H,12,14);1H. The van der Waals surface area contributed by atoms with Crippen LogP contribution in [-0.2, 0) is 0 Å². The van der Waals surface area contributed by atoms with E-state index in [1.807, 2.05) is 18.7 Å². The van der Waals surface area contributed by atoms with Gasteiger partial charge in [0, 0.05) is 19.1 Å². The zero-order valence-corrected chi connectivity index (χ0v) is 10.6. The molecule has 1 N–H and O–H groups in total. The Labute approximate surface area is 99.0 Å². The van der Waals surface area contributed by atoms with Gasteiger partial charge in [-0.1, -0.05) is 19.3 Å². The van der Waals surface area contributed by atoms with Crippen molar-refractivity contribution >= 4 is 18.4 Å². The largest absolute Gasteiger partial charge is 0.335 e. The molecule has 0 heterocycles. The number of urea groups is 1. The predicted octanol–water partition coefficient (Wildman–Crippen LogP) is 2.79. The van der Waals surface area contributed by atoms with E-state index >= 15 is 0 Å². The molecule has 1 rings (SSSR count). The first-order valence-electron chi connectivity index (χ1n) is 5.83. The molecule has 3 nitrogen and oxygen atoms in total. The lowest BCUT2D eigenvalue weighted by Gasteiger charge is -2.26. The lowest BCUT2D eigenvalue weighted by molar-refractivity contribution is 0.195. The molecule has 0 saturated heterocycles. The van der Waals surface area contributed by atoms with Crippen LogP contribution in [0.15, 0.2) is 0 Å². The van der Waals surface area contributed by atoms with Crippen molar-refractivity contribution in [2.75, 3.05) is 13.1 Å². The Bertz CT molecular complexity index is 177. The van der Waals surface area contributed by atoms with Gasteiger partial charge < -0.3 is 10.2 Å². The minimum absolute atomic E-state index is 0. The molecule has 0 aromatic rings. The molecule has 4 heteroatoms. The van der Waals surface area contributed by atoms with Crippen molar-refractivity contribution < 1.29 is 4.79 Å². The highest BCUT2D eigenvalue weighted by Crippen LogP contribution is 2.17. The van der Waals surface area contributed by atoms with E-state index in [1.54, 1.807) is 0 Å². The SMILES string of the molecule is CCN(CC)C(=O)NC1CCCCC1.Cl. The maximum atomic E-state index is 11.7. The highest BCUT2D eigenvalue weighted by molar-refractivity contribution is 5.85. The summed E-state index contributed by atoms with van der Waals surface area (Å²) in [5.41, 5.74) is 0. The van der Waals surface area contributed by atoms with Crippen molar-refractivity contribution in [2.45, 2.75) is 52.0 Å². The van der Waals surface area contributed by atoms with Gasteiger partial charge in [0.1, 0.15) is 0 Å². The van der Waals surface area contributed by atoms with Gasteiger partial charge in [-0.25, -0.2) is 4.79 Å². The number of hydrogen-bond acceptors (Lipinski definition) is 1. The maximum absolute atomic E-state index is 11.7. The molecule has 15 heavy (non-hydrogen) atoms. The zero-order chi connectivity index (χ0) is 10.4. The quantitative estimate of drug-likeness (QED) is 0.800. The molecule has 0 bridgehead atoms. The number of nitrogens with zero attached hydrogens (tertiary/aromatic N) is 1. The maximum Gasteiger partial charge on any atom is 0.317 e. The lowest BCUT2D eigenvalue weighted by atomic mass is 9.96. The van der Waals surface area contributed by atoms with E-state index in [0.29, 0.717) is 6.04 Å². The summed E-state index contributed by atoms with van der Waals surface area (Å²) in [4.78, 5) is 13.5. The van der Waals surface area contributed by atoms with Gasteiger partial charge in [0.2, 0.25) is 0 Å². The van der Waals surface area contributed by atoms with Gasteiger partial charge in [0.15, 0.2) is 0 Å². The molecule has 90 valence electrons. The minimum atomic E-state index is 0. The fourth-order valence-electron chi connectivity index (χ4n) is 2.02. The summed E-state index contributed by atoms with van der Waals surface area (Å²) in [5.74, 6) is 0. The third-order valence-electron chi connectivity index (χ3n) is 2.98. The Morgan fingerprint density at radius 1 is 1.20 bits per heavy atom. The van der Waals surface area contributed by atoms with Crippen LogP contribution in [0.25, 0.3) is 0 Å². The van der Waals surface area contributed by atoms with Crippen molar-refractivity contribution in [3.63, 3.8) is 0 Å². The highest BCUT2D eigenvalue weighted by atomic mass is 35.5. The fourth-order valence-corrected chi connectivity index (χ4v) is 2.02. The number of carbonyl (C=O) groups excluding carboxylic acids is 1. The molecule has 2 amide bonds. The summed E-state index contributed by atoms with van der Waals surface area (Å²) < 4.78 is 0. The number of hydrogen-bond donors (Lipinski definition) is 1. The van der Waals surface area contributed by atoms with Crippen LogP contribution in [0.2, 0.25) is 0 Å². The van der Waals surface area contributed by atoms with Crippen LogP contribution in [0.5, 0.6) is 0 Å². The molecular formula is C11H23ClN2O. The summed E-state index contributed by atoms with van der Waals surface area (Å²) in [7, 11) is 0. The normalized spacial score (nSPS) is 16.7. The Hall–Kier alpha value is -0.440. The van der Waals surface area contributed by atoms with Crippen molar-refractivity contribution in [1.82, 2.24) is 10.2 Å². The van der Waals surface area contributed by atoms with E-state index in [1.165, 1.54) is 19.3 Å². The first kappa shape index (κ1) is 14.6. The van der Waals surface area contributed by atoms with Crippen molar-refractivity contribution in [3.8, 4) is 0 Å². The molecule has 0 atom stereocenters. The van der Waals surface area contributed by atoms with E-state index in [0.717, 1.165) is 25.9 Å². The number of halogens is 1. The average molecular weight is 235 g/mol. The van der Waals surface area contributed by atoms with Gasteiger partial charge >= 0.3 is 6.03 Å². The van der Waals surface area contributed by atoms with Crippen LogP contribution in [0, 0.1) is 0 Å². The summed E-state index contributed by atoms with van der Waals surface area (Å²) >= 11 is 0. The van der Waals surface area contributed by atoms with Crippen molar-refractivity contribution in [1.29, 1.82) is 0 Å². The number of rotatable bonds is 3. The van der Waals surface area contributed by atoms with Crippen LogP contribution >= 0.6 is 12.4 Å². The van der Waals surface area contributed by atoms with Crippen LogP contribution in [0.1, 0.15) is 46.0 Å². The average Bonchev–Trinajstić information content (AvgIpc) is 2.21. The second-order valence-electron chi connectivity index (χ2n) is 3.96. The highest BCUT2D eigenvalue weighted by Gasteiger charge is 2.17. The van der Waals surface area contributed by atoms with Gasteiger partial charge in [0.25, 0.3) is 0 Å². The van der Waals surface area contributed by atoms with Crippen LogP contribution < -0.4 is 5.32 Å². The third kappa shape index (κ3) is 4.74. The van der Waals surface area contributed by atoms with Gasteiger partial charge in [-0.15, -0.1) is 12.4 Å². The molecule has 0 spiro atoms. The fraction of sp³-hybridized carbons (Fsp3) is 0.909. The Morgan fingerprint density at radius 2 is 1.73 bits per heavy atom. The molecule has 0 aromatic heterocycles. The second kappa shape index (κ2) is 7.80. The first-order valence-corrected chi connectivity index (χ1v) is 5.83. The first-order chi connectivity index (χ1) is 6.77. The Kier molecular flexibility index (Phi) is 7.57. The van der Waals surface area contributed by atoms with Crippen LogP contribution in [0.4, 0.5) is 4.79 Å². The summed E-state index contributed by atoms with van der Waals surface area (Å²) in [6.07, 6.45) is 6.18. The van der Waals surface area contributed by atoms with Gasteiger partial charge in [-0.2, -0.15) is 0 Å². The number of amides is 2.